The summed E-state index contributed by atoms with van der Waals surface area (Å²) < 4.78 is 31.1. The molecule has 0 aliphatic heterocycles. The molecule has 3 aromatic heterocycles. The molecule has 0 atom stereocenters. The van der Waals surface area contributed by atoms with Crippen LogP contribution in [0.5, 0.6) is 0 Å². The first-order chi connectivity index (χ1) is 12.9. The zero-order valence-corrected chi connectivity index (χ0v) is 14.4. The van der Waals surface area contributed by atoms with E-state index in [1.165, 1.54) is 12.3 Å². The SMILES string of the molecule is Cn1cc(-c2ccc(Cn3cc(C(N)=O)c4c(F)cc(F)cc43)cn2)cn1. The number of hydrogen-bond donors (Lipinski definition) is 1. The van der Waals surface area contributed by atoms with Gasteiger partial charge in [-0.15, -0.1) is 0 Å². The summed E-state index contributed by atoms with van der Waals surface area (Å²) in [4.78, 5) is 16.1. The van der Waals surface area contributed by atoms with Gasteiger partial charge in [-0.25, -0.2) is 8.78 Å². The van der Waals surface area contributed by atoms with Crippen molar-refractivity contribution in [1.82, 2.24) is 19.3 Å². The Kier molecular flexibility index (Phi) is 3.95. The average Bonchev–Trinajstić information content (AvgIpc) is 3.20. The summed E-state index contributed by atoms with van der Waals surface area (Å²) in [5.74, 6) is -2.31. The van der Waals surface area contributed by atoms with E-state index in [9.17, 15) is 13.6 Å². The molecule has 0 saturated heterocycles. The van der Waals surface area contributed by atoms with E-state index in [4.69, 9.17) is 5.73 Å². The molecule has 0 radical (unpaired) electrons. The van der Waals surface area contributed by atoms with E-state index in [-0.39, 0.29) is 23.0 Å². The molecule has 0 aliphatic rings. The van der Waals surface area contributed by atoms with Crippen LogP contribution in [-0.2, 0) is 13.6 Å². The molecule has 0 fully saturated rings. The number of pyridine rings is 1. The van der Waals surface area contributed by atoms with E-state index < -0.39 is 17.5 Å². The Bertz CT molecular complexity index is 1160. The van der Waals surface area contributed by atoms with Crippen molar-refractivity contribution in [3.8, 4) is 11.3 Å². The molecule has 0 aliphatic carbocycles. The fraction of sp³-hybridized carbons (Fsp3) is 0.105. The molecular weight excluding hydrogens is 352 g/mol. The van der Waals surface area contributed by atoms with Gasteiger partial charge in [-0.05, 0) is 17.7 Å². The standard InChI is InChI=1S/C19H15F2N5O/c1-25-9-12(7-24-25)16-3-2-11(6-23-16)8-26-10-14(19(22)27)18-15(21)4-13(20)5-17(18)26/h2-7,9-10H,8H2,1H3,(H2,22,27). The van der Waals surface area contributed by atoms with E-state index in [0.29, 0.717) is 0 Å². The highest BCUT2D eigenvalue weighted by Gasteiger charge is 2.18. The van der Waals surface area contributed by atoms with Crippen LogP contribution in [0.15, 0.2) is 49.1 Å². The number of halogens is 2. The third-order valence-electron chi connectivity index (χ3n) is 4.34. The molecule has 27 heavy (non-hydrogen) atoms. The number of aromatic nitrogens is 4. The molecule has 2 N–H and O–H groups in total. The van der Waals surface area contributed by atoms with E-state index in [1.807, 2.05) is 25.4 Å². The van der Waals surface area contributed by atoms with Crippen LogP contribution in [0.3, 0.4) is 0 Å². The van der Waals surface area contributed by atoms with Gasteiger partial charge in [0.1, 0.15) is 11.6 Å². The van der Waals surface area contributed by atoms with E-state index in [2.05, 4.69) is 10.1 Å². The minimum atomic E-state index is -0.817. The van der Waals surface area contributed by atoms with Gasteiger partial charge in [0, 0.05) is 49.2 Å². The highest BCUT2D eigenvalue weighted by atomic mass is 19.1. The minimum absolute atomic E-state index is 0.0161. The molecule has 4 rings (SSSR count). The van der Waals surface area contributed by atoms with Crippen molar-refractivity contribution >= 4 is 16.8 Å². The van der Waals surface area contributed by atoms with Crippen LogP contribution < -0.4 is 5.73 Å². The smallest absolute Gasteiger partial charge is 0.250 e. The van der Waals surface area contributed by atoms with Gasteiger partial charge in [0.15, 0.2) is 0 Å². The fourth-order valence-corrected chi connectivity index (χ4v) is 3.10. The summed E-state index contributed by atoms with van der Waals surface area (Å²) >= 11 is 0. The van der Waals surface area contributed by atoms with E-state index >= 15 is 0 Å². The Labute approximate surface area is 152 Å². The average molecular weight is 367 g/mol. The lowest BCUT2D eigenvalue weighted by molar-refractivity contribution is 0.100. The highest BCUT2D eigenvalue weighted by molar-refractivity contribution is 6.06. The second-order valence-electron chi connectivity index (χ2n) is 6.27. The summed E-state index contributed by atoms with van der Waals surface area (Å²) in [6.45, 7) is 0.285. The number of carbonyl (C=O) groups is 1. The van der Waals surface area contributed by atoms with Crippen molar-refractivity contribution in [2.45, 2.75) is 6.54 Å². The first-order valence-electron chi connectivity index (χ1n) is 8.14. The van der Waals surface area contributed by atoms with Crippen molar-refractivity contribution in [1.29, 1.82) is 0 Å². The monoisotopic (exact) mass is 367 g/mol. The predicted octanol–water partition coefficient (Wildman–Crippen LogP) is 2.86. The molecule has 0 spiro atoms. The second kappa shape index (κ2) is 6.31. The molecule has 136 valence electrons. The number of aryl methyl sites for hydroxylation is 1. The summed E-state index contributed by atoms with van der Waals surface area (Å²) in [7, 11) is 1.82. The zero-order valence-electron chi connectivity index (χ0n) is 14.4. The topological polar surface area (TPSA) is 78.7 Å². The number of nitrogens with zero attached hydrogens (tertiary/aromatic N) is 4. The lowest BCUT2D eigenvalue weighted by Crippen LogP contribution is -2.10. The summed E-state index contributed by atoms with van der Waals surface area (Å²) in [6.07, 6.45) is 6.68. The normalized spacial score (nSPS) is 11.2. The number of amides is 1. The summed E-state index contributed by atoms with van der Waals surface area (Å²) in [5.41, 5.74) is 8.08. The number of rotatable bonds is 4. The van der Waals surface area contributed by atoms with Crippen LogP contribution in [0.4, 0.5) is 8.78 Å². The van der Waals surface area contributed by atoms with Gasteiger partial charge in [-0.1, -0.05) is 6.07 Å². The van der Waals surface area contributed by atoms with Crippen molar-refractivity contribution < 1.29 is 13.6 Å². The quantitative estimate of drug-likeness (QED) is 0.602. The Morgan fingerprint density at radius 3 is 2.63 bits per heavy atom. The molecule has 1 amide bonds. The highest BCUT2D eigenvalue weighted by Crippen LogP contribution is 2.26. The molecule has 1 aromatic carbocycles. The largest absolute Gasteiger partial charge is 0.366 e. The number of carbonyl (C=O) groups excluding carboxylic acids is 1. The number of benzene rings is 1. The molecule has 0 unspecified atom stereocenters. The Morgan fingerprint density at radius 1 is 1.19 bits per heavy atom. The van der Waals surface area contributed by atoms with Crippen LogP contribution in [0, 0.1) is 11.6 Å². The molecule has 8 heteroatoms. The van der Waals surface area contributed by atoms with E-state index in [1.54, 1.807) is 21.6 Å². The molecular formula is C19H15F2N5O. The van der Waals surface area contributed by atoms with Gasteiger partial charge in [0.05, 0.1) is 23.0 Å². The fourth-order valence-electron chi connectivity index (χ4n) is 3.10. The first-order valence-corrected chi connectivity index (χ1v) is 8.14. The van der Waals surface area contributed by atoms with Gasteiger partial charge >= 0.3 is 0 Å². The summed E-state index contributed by atoms with van der Waals surface area (Å²) in [5, 5.41) is 4.13. The minimum Gasteiger partial charge on any atom is -0.366 e. The van der Waals surface area contributed by atoms with Gasteiger partial charge in [-0.2, -0.15) is 5.10 Å². The maximum absolute atomic E-state index is 14.2. The maximum Gasteiger partial charge on any atom is 0.250 e. The number of fused-ring (bicyclic) bond motifs is 1. The third-order valence-corrected chi connectivity index (χ3v) is 4.34. The first kappa shape index (κ1) is 16.9. The Hall–Kier alpha value is -3.55. The lowest BCUT2D eigenvalue weighted by atomic mass is 10.1. The van der Waals surface area contributed by atoms with E-state index in [0.717, 1.165) is 22.9 Å². The number of hydrogen-bond acceptors (Lipinski definition) is 3. The van der Waals surface area contributed by atoms with Crippen LogP contribution in [-0.4, -0.2) is 25.2 Å². The maximum atomic E-state index is 14.2. The summed E-state index contributed by atoms with van der Waals surface area (Å²) in [6, 6.07) is 5.63. The molecule has 0 bridgehead atoms. The third kappa shape index (κ3) is 3.05. The van der Waals surface area contributed by atoms with Crippen LogP contribution in [0.1, 0.15) is 15.9 Å². The van der Waals surface area contributed by atoms with Crippen molar-refractivity contribution in [2.75, 3.05) is 0 Å². The van der Waals surface area contributed by atoms with Crippen molar-refractivity contribution in [2.24, 2.45) is 12.8 Å². The van der Waals surface area contributed by atoms with Crippen LogP contribution >= 0.6 is 0 Å². The van der Waals surface area contributed by atoms with Gasteiger partial charge in [0.25, 0.3) is 5.91 Å². The molecule has 3 heterocycles. The number of primary amides is 1. The number of nitrogens with two attached hydrogens (primary N) is 1. The van der Waals surface area contributed by atoms with Crippen LogP contribution in [0.2, 0.25) is 0 Å². The van der Waals surface area contributed by atoms with Gasteiger partial charge < -0.3 is 10.3 Å². The van der Waals surface area contributed by atoms with Gasteiger partial charge in [0.2, 0.25) is 0 Å². The van der Waals surface area contributed by atoms with Gasteiger partial charge in [-0.3, -0.25) is 14.5 Å². The zero-order chi connectivity index (χ0) is 19.1. The van der Waals surface area contributed by atoms with Crippen LogP contribution in [0.25, 0.3) is 22.2 Å². The lowest BCUT2D eigenvalue weighted by Gasteiger charge is -2.06. The van der Waals surface area contributed by atoms with Crippen molar-refractivity contribution in [3.63, 3.8) is 0 Å². The predicted molar refractivity (Wildman–Crippen MR) is 95.9 cm³/mol. The second-order valence-corrected chi connectivity index (χ2v) is 6.27. The van der Waals surface area contributed by atoms with Crippen molar-refractivity contribution in [3.05, 3.63) is 71.8 Å². The Morgan fingerprint density at radius 2 is 2.00 bits per heavy atom. The molecule has 4 aromatic rings. The molecule has 6 nitrogen and oxygen atoms in total. The Balaban J connectivity index is 1.72. The molecule has 0 saturated carbocycles.